The highest BCUT2D eigenvalue weighted by atomic mass is 16.1. The number of imidazole rings is 1. The lowest BCUT2D eigenvalue weighted by Crippen LogP contribution is -2.15. The van der Waals surface area contributed by atoms with Gasteiger partial charge in [0.25, 0.3) is 0 Å². The summed E-state index contributed by atoms with van der Waals surface area (Å²) < 4.78 is 1.83. The average Bonchev–Trinajstić information content (AvgIpc) is 3.15. The van der Waals surface area contributed by atoms with Crippen LogP contribution in [-0.4, -0.2) is 15.3 Å². The van der Waals surface area contributed by atoms with E-state index in [1.54, 1.807) is 12.5 Å². The summed E-state index contributed by atoms with van der Waals surface area (Å²) in [6.45, 7) is 1.90. The van der Waals surface area contributed by atoms with E-state index in [-0.39, 0.29) is 11.8 Å². The maximum atomic E-state index is 12.5. The molecule has 0 amide bonds. The maximum absolute atomic E-state index is 12.5. The fraction of sp³-hybridized carbons (Fsp3) is 0.200. The van der Waals surface area contributed by atoms with Crippen molar-refractivity contribution in [3.63, 3.8) is 0 Å². The van der Waals surface area contributed by atoms with Crippen molar-refractivity contribution >= 4 is 5.78 Å². The van der Waals surface area contributed by atoms with Gasteiger partial charge in [-0.05, 0) is 30.9 Å². The molecule has 0 fully saturated rings. The molecule has 2 aromatic carbocycles. The molecule has 1 aromatic heterocycles. The first-order valence-electron chi connectivity index (χ1n) is 7.88. The highest BCUT2D eigenvalue weighted by Gasteiger charge is 2.16. The van der Waals surface area contributed by atoms with E-state index in [0.29, 0.717) is 0 Å². The number of hydrogen-bond acceptors (Lipinski definition) is 2. The number of carbonyl (C=O) groups is 1. The van der Waals surface area contributed by atoms with Crippen molar-refractivity contribution in [3.05, 3.63) is 90.0 Å². The number of aromatic nitrogens is 2. The molecule has 0 aliphatic rings. The van der Waals surface area contributed by atoms with Gasteiger partial charge in [0.2, 0.25) is 0 Å². The topological polar surface area (TPSA) is 34.9 Å². The third kappa shape index (κ3) is 3.75. The summed E-state index contributed by atoms with van der Waals surface area (Å²) in [5.74, 6) is 0.109. The number of carbonyl (C=O) groups excluding carboxylic acids is 1. The molecular weight excluding hydrogens is 284 g/mol. The van der Waals surface area contributed by atoms with Gasteiger partial charge in [-0.15, -0.1) is 0 Å². The summed E-state index contributed by atoms with van der Waals surface area (Å²) >= 11 is 0. The predicted molar refractivity (Wildman–Crippen MR) is 91.6 cm³/mol. The fourth-order valence-electron chi connectivity index (χ4n) is 2.64. The molecule has 3 rings (SSSR count). The van der Waals surface area contributed by atoms with E-state index < -0.39 is 0 Å². The van der Waals surface area contributed by atoms with Crippen LogP contribution in [0, 0.1) is 0 Å². The van der Waals surface area contributed by atoms with E-state index in [2.05, 4.69) is 41.4 Å². The Labute approximate surface area is 136 Å². The Bertz CT molecular complexity index is 746. The van der Waals surface area contributed by atoms with Crippen LogP contribution in [0.2, 0.25) is 0 Å². The highest BCUT2D eigenvalue weighted by molar-refractivity contribution is 5.98. The molecule has 1 atom stereocenters. The van der Waals surface area contributed by atoms with E-state index in [1.807, 2.05) is 35.9 Å². The monoisotopic (exact) mass is 304 g/mol. The van der Waals surface area contributed by atoms with Crippen LogP contribution in [0.5, 0.6) is 0 Å². The zero-order valence-electron chi connectivity index (χ0n) is 13.2. The molecule has 0 saturated carbocycles. The van der Waals surface area contributed by atoms with Crippen molar-refractivity contribution in [1.29, 1.82) is 0 Å². The predicted octanol–water partition coefficient (Wildman–Crippen LogP) is 4.11. The van der Waals surface area contributed by atoms with Crippen molar-refractivity contribution in [1.82, 2.24) is 9.55 Å². The van der Waals surface area contributed by atoms with Gasteiger partial charge in [-0.25, -0.2) is 4.98 Å². The standard InChI is InChI=1S/C20H20N2O/c1-16(22-14-13-21-15-22)20(23)19-11-9-18(10-12-19)8-7-17-5-3-2-4-6-17/h2-6,9-16H,7-8H2,1H3. The van der Waals surface area contributed by atoms with Gasteiger partial charge in [0.05, 0.1) is 12.4 Å². The molecule has 23 heavy (non-hydrogen) atoms. The first-order chi connectivity index (χ1) is 11.2. The summed E-state index contributed by atoms with van der Waals surface area (Å²) in [5.41, 5.74) is 3.33. The fourth-order valence-corrected chi connectivity index (χ4v) is 2.64. The number of ketones is 1. The molecule has 1 unspecified atom stereocenters. The largest absolute Gasteiger partial charge is 0.327 e. The lowest BCUT2D eigenvalue weighted by Gasteiger charge is -2.12. The summed E-state index contributed by atoms with van der Waals surface area (Å²) in [5, 5.41) is 0. The zero-order chi connectivity index (χ0) is 16.1. The quantitative estimate of drug-likeness (QED) is 0.642. The van der Waals surface area contributed by atoms with Gasteiger partial charge in [0, 0.05) is 18.0 Å². The summed E-state index contributed by atoms with van der Waals surface area (Å²) in [6.07, 6.45) is 7.18. The van der Waals surface area contributed by atoms with Gasteiger partial charge in [-0.2, -0.15) is 0 Å². The van der Waals surface area contributed by atoms with Crippen LogP contribution in [-0.2, 0) is 12.8 Å². The smallest absolute Gasteiger partial charge is 0.185 e. The first kappa shape index (κ1) is 15.2. The average molecular weight is 304 g/mol. The van der Waals surface area contributed by atoms with Crippen LogP contribution in [0.3, 0.4) is 0 Å². The van der Waals surface area contributed by atoms with Gasteiger partial charge in [0.1, 0.15) is 0 Å². The second-order valence-corrected chi connectivity index (χ2v) is 5.73. The van der Waals surface area contributed by atoms with Gasteiger partial charge in [-0.3, -0.25) is 4.79 Å². The number of Topliss-reactive ketones (excluding diaryl/α,β-unsaturated/α-hetero) is 1. The zero-order valence-corrected chi connectivity index (χ0v) is 13.2. The minimum atomic E-state index is -0.229. The normalized spacial score (nSPS) is 12.0. The molecule has 0 aliphatic heterocycles. The number of nitrogens with zero attached hydrogens (tertiary/aromatic N) is 2. The maximum Gasteiger partial charge on any atom is 0.185 e. The molecule has 116 valence electrons. The molecule has 3 aromatic rings. The molecule has 0 radical (unpaired) electrons. The van der Waals surface area contributed by atoms with Crippen LogP contribution in [0.25, 0.3) is 0 Å². The van der Waals surface area contributed by atoms with Gasteiger partial charge >= 0.3 is 0 Å². The molecular formula is C20H20N2O. The van der Waals surface area contributed by atoms with Crippen molar-refractivity contribution in [3.8, 4) is 0 Å². The van der Waals surface area contributed by atoms with E-state index in [0.717, 1.165) is 18.4 Å². The van der Waals surface area contributed by atoms with Crippen molar-refractivity contribution in [2.24, 2.45) is 0 Å². The van der Waals surface area contributed by atoms with E-state index >= 15 is 0 Å². The van der Waals surface area contributed by atoms with E-state index in [4.69, 9.17) is 0 Å². The number of rotatable bonds is 6. The molecule has 0 spiro atoms. The minimum absolute atomic E-state index is 0.109. The van der Waals surface area contributed by atoms with E-state index in [1.165, 1.54) is 11.1 Å². The molecule has 0 saturated heterocycles. The molecule has 3 heteroatoms. The molecule has 0 aliphatic carbocycles. The molecule has 3 nitrogen and oxygen atoms in total. The van der Waals surface area contributed by atoms with Crippen molar-refractivity contribution in [2.45, 2.75) is 25.8 Å². The van der Waals surface area contributed by atoms with E-state index in [9.17, 15) is 4.79 Å². The Morgan fingerprint density at radius 1 is 1.00 bits per heavy atom. The summed E-state index contributed by atoms with van der Waals surface area (Å²) in [4.78, 5) is 16.5. The van der Waals surface area contributed by atoms with Crippen LogP contribution >= 0.6 is 0 Å². The summed E-state index contributed by atoms with van der Waals surface area (Å²) in [7, 11) is 0. The van der Waals surface area contributed by atoms with Crippen LogP contribution in [0.1, 0.15) is 34.5 Å². The molecule has 1 heterocycles. The Morgan fingerprint density at radius 2 is 1.65 bits per heavy atom. The van der Waals surface area contributed by atoms with Crippen LogP contribution < -0.4 is 0 Å². The van der Waals surface area contributed by atoms with Gasteiger partial charge < -0.3 is 4.57 Å². The Balaban J connectivity index is 1.64. The second kappa shape index (κ2) is 7.05. The molecule has 0 N–H and O–H groups in total. The Kier molecular flexibility index (Phi) is 4.67. The minimum Gasteiger partial charge on any atom is -0.327 e. The SMILES string of the molecule is CC(C(=O)c1ccc(CCc2ccccc2)cc1)n1ccnc1. The Morgan fingerprint density at radius 3 is 2.26 bits per heavy atom. The molecule has 0 bridgehead atoms. The van der Waals surface area contributed by atoms with Crippen LogP contribution in [0.4, 0.5) is 0 Å². The summed E-state index contributed by atoms with van der Waals surface area (Å²) in [6, 6.07) is 18.2. The lowest BCUT2D eigenvalue weighted by molar-refractivity contribution is 0.0935. The lowest BCUT2D eigenvalue weighted by atomic mass is 10.0. The first-order valence-corrected chi connectivity index (χ1v) is 7.88. The van der Waals surface area contributed by atoms with Crippen molar-refractivity contribution in [2.75, 3.05) is 0 Å². The second-order valence-electron chi connectivity index (χ2n) is 5.73. The Hall–Kier alpha value is -2.68. The van der Waals surface area contributed by atoms with Crippen molar-refractivity contribution < 1.29 is 4.79 Å². The number of aryl methyl sites for hydroxylation is 2. The highest BCUT2D eigenvalue weighted by Crippen LogP contribution is 2.15. The third-order valence-corrected chi connectivity index (χ3v) is 4.14. The third-order valence-electron chi connectivity index (χ3n) is 4.14. The number of hydrogen-bond donors (Lipinski definition) is 0. The van der Waals surface area contributed by atoms with Gasteiger partial charge in [0.15, 0.2) is 5.78 Å². The van der Waals surface area contributed by atoms with Crippen LogP contribution in [0.15, 0.2) is 73.3 Å². The van der Waals surface area contributed by atoms with Gasteiger partial charge in [-0.1, -0.05) is 54.6 Å². The number of benzene rings is 2.